The summed E-state index contributed by atoms with van der Waals surface area (Å²) in [7, 11) is 0. The van der Waals surface area contributed by atoms with Crippen LogP contribution in [-0.4, -0.2) is 17.6 Å². The molecule has 1 heterocycles. The van der Waals surface area contributed by atoms with Crippen LogP contribution in [-0.2, 0) is 0 Å². The predicted octanol–water partition coefficient (Wildman–Crippen LogP) is 3.35. The molecule has 0 unspecified atom stereocenters. The Bertz CT molecular complexity index is 707. The molecule has 0 fully saturated rings. The number of anilines is 1. The normalized spacial score (nSPS) is 9.86. The number of aliphatic hydroxyl groups excluding tert-OH is 1. The fraction of sp³-hybridized carbons (Fsp3) is 0.235. The molecule has 0 bridgehead atoms. The first kappa shape index (κ1) is 15.3. The summed E-state index contributed by atoms with van der Waals surface area (Å²) in [5.74, 6) is 5.76. The van der Waals surface area contributed by atoms with E-state index in [1.165, 1.54) is 11.3 Å². The van der Waals surface area contributed by atoms with E-state index in [2.05, 4.69) is 17.2 Å². The summed E-state index contributed by atoms with van der Waals surface area (Å²) in [5.41, 5.74) is 4.20. The number of carbonyl (C=O) groups is 1. The second kappa shape index (κ2) is 7.07. The monoisotopic (exact) mass is 299 g/mol. The summed E-state index contributed by atoms with van der Waals surface area (Å²) in [6.07, 6.45) is 0.422. The predicted molar refractivity (Wildman–Crippen MR) is 86.8 cm³/mol. The molecule has 108 valence electrons. The Kier molecular flexibility index (Phi) is 5.15. The number of amides is 1. The molecule has 4 heteroatoms. The van der Waals surface area contributed by atoms with Crippen LogP contribution in [0.3, 0.4) is 0 Å². The molecule has 0 saturated carbocycles. The van der Waals surface area contributed by atoms with Gasteiger partial charge in [0.2, 0.25) is 0 Å². The fourth-order valence-electron chi connectivity index (χ4n) is 1.87. The Morgan fingerprint density at radius 3 is 2.81 bits per heavy atom. The Morgan fingerprint density at radius 1 is 1.33 bits per heavy atom. The van der Waals surface area contributed by atoms with E-state index in [1.54, 1.807) is 0 Å². The van der Waals surface area contributed by atoms with Gasteiger partial charge in [-0.1, -0.05) is 17.9 Å². The van der Waals surface area contributed by atoms with Crippen LogP contribution < -0.4 is 5.32 Å². The fourth-order valence-corrected chi connectivity index (χ4v) is 2.70. The van der Waals surface area contributed by atoms with E-state index < -0.39 is 0 Å². The van der Waals surface area contributed by atoms with E-state index in [-0.39, 0.29) is 12.5 Å². The van der Waals surface area contributed by atoms with Gasteiger partial charge in [0.25, 0.3) is 5.91 Å². The van der Waals surface area contributed by atoms with Crippen LogP contribution in [0.5, 0.6) is 0 Å². The number of nitrogens with one attached hydrogen (secondary N) is 1. The topological polar surface area (TPSA) is 49.3 Å². The molecule has 21 heavy (non-hydrogen) atoms. The van der Waals surface area contributed by atoms with E-state index in [9.17, 15) is 4.79 Å². The quantitative estimate of drug-likeness (QED) is 0.854. The highest BCUT2D eigenvalue weighted by Crippen LogP contribution is 2.20. The zero-order chi connectivity index (χ0) is 15.2. The van der Waals surface area contributed by atoms with Gasteiger partial charge in [0.1, 0.15) is 0 Å². The van der Waals surface area contributed by atoms with Gasteiger partial charge < -0.3 is 10.4 Å². The Hall–Kier alpha value is -2.09. The van der Waals surface area contributed by atoms with Crippen LogP contribution in [0.2, 0.25) is 0 Å². The molecule has 2 rings (SSSR count). The lowest BCUT2D eigenvalue weighted by molar-refractivity contribution is 0.102. The first-order valence-electron chi connectivity index (χ1n) is 6.66. The lowest BCUT2D eigenvalue weighted by Gasteiger charge is -2.08. The molecule has 2 aromatic rings. The molecule has 1 amide bonds. The van der Waals surface area contributed by atoms with Crippen molar-refractivity contribution in [2.75, 3.05) is 11.9 Å². The van der Waals surface area contributed by atoms with Crippen LogP contribution in [0.15, 0.2) is 29.0 Å². The molecule has 3 nitrogen and oxygen atoms in total. The van der Waals surface area contributed by atoms with Crippen molar-refractivity contribution in [3.63, 3.8) is 0 Å². The number of aliphatic hydroxyl groups is 1. The average molecular weight is 299 g/mol. The highest BCUT2D eigenvalue weighted by molar-refractivity contribution is 7.08. The summed E-state index contributed by atoms with van der Waals surface area (Å²) >= 11 is 1.51. The van der Waals surface area contributed by atoms with Crippen LogP contribution in [0.4, 0.5) is 5.69 Å². The highest BCUT2D eigenvalue weighted by atomic mass is 32.1. The van der Waals surface area contributed by atoms with Crippen LogP contribution in [0.25, 0.3) is 0 Å². The molecular weight excluding hydrogens is 282 g/mol. The van der Waals surface area contributed by atoms with Crippen molar-refractivity contribution in [2.24, 2.45) is 0 Å². The van der Waals surface area contributed by atoms with Crippen molar-refractivity contribution in [3.05, 3.63) is 51.2 Å². The SMILES string of the molecule is Cc1ccc(NC(=O)c2cscc2C)c(C#CCCO)c1. The minimum atomic E-state index is -0.122. The molecule has 0 radical (unpaired) electrons. The van der Waals surface area contributed by atoms with E-state index in [0.717, 1.165) is 16.7 Å². The first-order valence-corrected chi connectivity index (χ1v) is 7.60. The largest absolute Gasteiger partial charge is 0.395 e. The van der Waals surface area contributed by atoms with Crippen molar-refractivity contribution in [2.45, 2.75) is 20.3 Å². The minimum absolute atomic E-state index is 0.0363. The van der Waals surface area contributed by atoms with Crippen molar-refractivity contribution in [1.82, 2.24) is 0 Å². The maximum atomic E-state index is 12.3. The number of hydrogen-bond donors (Lipinski definition) is 2. The lowest BCUT2D eigenvalue weighted by atomic mass is 10.1. The summed E-state index contributed by atoms with van der Waals surface area (Å²) in [6, 6.07) is 5.73. The number of carbonyl (C=O) groups excluding carboxylic acids is 1. The second-order valence-electron chi connectivity index (χ2n) is 4.75. The number of hydrogen-bond acceptors (Lipinski definition) is 3. The summed E-state index contributed by atoms with van der Waals surface area (Å²) in [5, 5.41) is 15.5. The number of benzene rings is 1. The molecule has 1 aromatic heterocycles. The van der Waals surface area contributed by atoms with E-state index >= 15 is 0 Å². The molecule has 0 spiro atoms. The van der Waals surface area contributed by atoms with Crippen LogP contribution in [0.1, 0.15) is 33.5 Å². The first-order chi connectivity index (χ1) is 10.1. The van der Waals surface area contributed by atoms with Crippen molar-refractivity contribution in [1.29, 1.82) is 0 Å². The zero-order valence-electron chi connectivity index (χ0n) is 12.1. The maximum Gasteiger partial charge on any atom is 0.256 e. The molecule has 0 atom stereocenters. The van der Waals surface area contributed by atoms with Gasteiger partial charge in [-0.05, 0) is 42.5 Å². The third-order valence-corrected chi connectivity index (χ3v) is 3.84. The van der Waals surface area contributed by atoms with Gasteiger partial charge in [0, 0.05) is 17.4 Å². The Balaban J connectivity index is 2.26. The zero-order valence-corrected chi connectivity index (χ0v) is 12.9. The second-order valence-corrected chi connectivity index (χ2v) is 5.49. The number of rotatable bonds is 3. The Morgan fingerprint density at radius 2 is 2.14 bits per heavy atom. The van der Waals surface area contributed by atoms with Crippen LogP contribution >= 0.6 is 11.3 Å². The van der Waals surface area contributed by atoms with Crippen molar-refractivity contribution in [3.8, 4) is 11.8 Å². The number of aryl methyl sites for hydroxylation is 2. The molecule has 2 N–H and O–H groups in total. The third kappa shape index (κ3) is 3.94. The lowest BCUT2D eigenvalue weighted by Crippen LogP contribution is -2.13. The molecular formula is C17H17NO2S. The molecule has 0 aliphatic carbocycles. The van der Waals surface area contributed by atoms with Gasteiger partial charge >= 0.3 is 0 Å². The van der Waals surface area contributed by atoms with Gasteiger partial charge in [-0.25, -0.2) is 0 Å². The molecule has 1 aromatic carbocycles. The van der Waals surface area contributed by atoms with Crippen molar-refractivity contribution >= 4 is 22.9 Å². The van der Waals surface area contributed by atoms with Crippen LogP contribution in [0, 0.1) is 25.7 Å². The third-order valence-electron chi connectivity index (χ3n) is 2.98. The van der Waals surface area contributed by atoms with Gasteiger partial charge in [0.15, 0.2) is 0 Å². The van der Waals surface area contributed by atoms with Gasteiger partial charge in [0.05, 0.1) is 17.9 Å². The average Bonchev–Trinajstić information content (AvgIpc) is 2.88. The van der Waals surface area contributed by atoms with E-state index in [1.807, 2.05) is 42.8 Å². The van der Waals surface area contributed by atoms with Gasteiger partial charge in [-0.3, -0.25) is 4.79 Å². The standard InChI is InChI=1S/C17H17NO2S/c1-12-6-7-16(14(9-12)5-3-4-8-19)18-17(20)15-11-21-10-13(15)2/h6-7,9-11,19H,4,8H2,1-2H3,(H,18,20). The van der Waals surface area contributed by atoms with Gasteiger partial charge in [-0.15, -0.1) is 0 Å². The number of thiophene rings is 1. The smallest absolute Gasteiger partial charge is 0.256 e. The minimum Gasteiger partial charge on any atom is -0.395 e. The van der Waals surface area contributed by atoms with Crippen molar-refractivity contribution < 1.29 is 9.90 Å². The summed E-state index contributed by atoms with van der Waals surface area (Å²) < 4.78 is 0. The van der Waals surface area contributed by atoms with Gasteiger partial charge in [-0.2, -0.15) is 11.3 Å². The maximum absolute atomic E-state index is 12.3. The highest BCUT2D eigenvalue weighted by Gasteiger charge is 2.11. The molecule has 0 saturated heterocycles. The van der Waals surface area contributed by atoms with E-state index in [4.69, 9.17) is 5.11 Å². The Labute approximate surface area is 128 Å². The molecule has 0 aliphatic rings. The summed E-state index contributed by atoms with van der Waals surface area (Å²) in [6.45, 7) is 3.93. The molecule has 0 aliphatic heterocycles. The summed E-state index contributed by atoms with van der Waals surface area (Å²) in [4.78, 5) is 12.3. The van der Waals surface area contributed by atoms with E-state index in [0.29, 0.717) is 17.7 Å².